The van der Waals surface area contributed by atoms with E-state index in [0.29, 0.717) is 26.1 Å². The summed E-state index contributed by atoms with van der Waals surface area (Å²) < 4.78 is 65.5. The zero-order valence-electron chi connectivity index (χ0n) is 12.7. The largest absolute Gasteiger partial charge is 0.315 e. The topological polar surface area (TPSA) is 95.6 Å². The van der Waals surface area contributed by atoms with Gasteiger partial charge in [-0.15, -0.1) is 0 Å². The van der Waals surface area contributed by atoms with E-state index in [1.165, 1.54) is 17.3 Å². The number of nitrogens with zero attached hydrogens (tertiary/aromatic N) is 1. The molecule has 1 fully saturated rings. The van der Waals surface area contributed by atoms with Gasteiger partial charge in [0.25, 0.3) is 0 Å². The van der Waals surface area contributed by atoms with Crippen LogP contribution in [0.25, 0.3) is 0 Å². The van der Waals surface area contributed by atoms with E-state index in [9.17, 15) is 21.2 Å². The molecule has 10 heteroatoms. The van der Waals surface area contributed by atoms with E-state index in [-0.39, 0.29) is 16.3 Å². The monoisotopic (exact) mass is 365 g/mol. The lowest BCUT2D eigenvalue weighted by molar-refractivity contribution is 0.431. The molecule has 1 aliphatic rings. The standard InChI is InChI=1S/C13H20FN3O4S2/c1-2-22(18,19)16-13-5-4-11(10-12(13)14)23(20,21)17-8-3-6-15-7-9-17/h4-5,10,15-16H,2-3,6-9H2,1H3. The lowest BCUT2D eigenvalue weighted by Crippen LogP contribution is -2.34. The molecule has 1 saturated heterocycles. The van der Waals surface area contributed by atoms with Crippen LogP contribution < -0.4 is 10.0 Å². The van der Waals surface area contributed by atoms with Crippen LogP contribution in [-0.4, -0.2) is 53.1 Å². The Morgan fingerprint density at radius 2 is 1.96 bits per heavy atom. The highest BCUT2D eigenvalue weighted by atomic mass is 32.2. The first kappa shape index (κ1) is 18.1. The highest BCUT2D eigenvalue weighted by Crippen LogP contribution is 2.23. The number of hydrogen-bond donors (Lipinski definition) is 2. The molecule has 0 amide bonds. The maximum atomic E-state index is 14.1. The van der Waals surface area contributed by atoms with Gasteiger partial charge in [0.1, 0.15) is 5.82 Å². The van der Waals surface area contributed by atoms with Gasteiger partial charge in [0.05, 0.1) is 16.3 Å². The van der Waals surface area contributed by atoms with Gasteiger partial charge in [-0.2, -0.15) is 4.31 Å². The molecule has 0 radical (unpaired) electrons. The Morgan fingerprint density at radius 1 is 1.22 bits per heavy atom. The molecule has 0 bridgehead atoms. The minimum atomic E-state index is -3.80. The van der Waals surface area contributed by atoms with E-state index in [4.69, 9.17) is 0 Å². The van der Waals surface area contributed by atoms with Gasteiger partial charge in [0, 0.05) is 19.6 Å². The molecule has 1 aliphatic heterocycles. The van der Waals surface area contributed by atoms with E-state index < -0.39 is 25.9 Å². The summed E-state index contributed by atoms with van der Waals surface area (Å²) in [7, 11) is -7.42. The second-order valence-corrected chi connectivity index (χ2v) is 9.10. The summed E-state index contributed by atoms with van der Waals surface area (Å²) in [5, 5.41) is 3.10. The molecule has 1 aromatic rings. The molecule has 130 valence electrons. The summed E-state index contributed by atoms with van der Waals surface area (Å²) in [4.78, 5) is -0.184. The Kier molecular flexibility index (Phi) is 5.61. The van der Waals surface area contributed by atoms with E-state index in [0.717, 1.165) is 18.7 Å². The second-order valence-electron chi connectivity index (χ2n) is 5.15. The van der Waals surface area contributed by atoms with Crippen LogP contribution >= 0.6 is 0 Å². The molecule has 0 spiro atoms. The molecule has 0 atom stereocenters. The summed E-state index contributed by atoms with van der Waals surface area (Å²) in [5.41, 5.74) is -0.261. The van der Waals surface area contributed by atoms with Crippen LogP contribution in [0.4, 0.5) is 10.1 Å². The van der Waals surface area contributed by atoms with Gasteiger partial charge in [-0.05, 0) is 38.1 Å². The Hall–Kier alpha value is -1.23. The minimum Gasteiger partial charge on any atom is -0.315 e. The van der Waals surface area contributed by atoms with Crippen LogP contribution in [0.5, 0.6) is 0 Å². The van der Waals surface area contributed by atoms with Gasteiger partial charge < -0.3 is 5.32 Å². The van der Waals surface area contributed by atoms with Gasteiger partial charge in [0.15, 0.2) is 0 Å². The maximum absolute atomic E-state index is 14.1. The zero-order valence-corrected chi connectivity index (χ0v) is 14.4. The quantitative estimate of drug-likeness (QED) is 0.795. The van der Waals surface area contributed by atoms with Gasteiger partial charge in [0.2, 0.25) is 20.0 Å². The van der Waals surface area contributed by atoms with Crippen LogP contribution in [0, 0.1) is 5.82 Å². The fourth-order valence-electron chi connectivity index (χ4n) is 2.19. The minimum absolute atomic E-state index is 0.184. The molecule has 1 heterocycles. The lowest BCUT2D eigenvalue weighted by atomic mass is 10.3. The van der Waals surface area contributed by atoms with Crippen molar-refractivity contribution in [3.63, 3.8) is 0 Å². The van der Waals surface area contributed by atoms with E-state index in [2.05, 4.69) is 10.0 Å². The van der Waals surface area contributed by atoms with E-state index in [1.807, 2.05) is 0 Å². The van der Waals surface area contributed by atoms with Crippen molar-refractivity contribution < 1.29 is 21.2 Å². The summed E-state index contributed by atoms with van der Waals surface area (Å²) in [6, 6.07) is 3.19. The van der Waals surface area contributed by atoms with Crippen molar-refractivity contribution in [2.75, 3.05) is 36.7 Å². The number of sulfonamides is 2. The molecule has 0 unspecified atom stereocenters. The fourth-order valence-corrected chi connectivity index (χ4v) is 4.33. The smallest absolute Gasteiger partial charge is 0.243 e. The van der Waals surface area contributed by atoms with Crippen molar-refractivity contribution in [2.45, 2.75) is 18.2 Å². The van der Waals surface area contributed by atoms with Crippen molar-refractivity contribution in [2.24, 2.45) is 0 Å². The Labute approximate surface area is 136 Å². The molecular formula is C13H20FN3O4S2. The average molecular weight is 365 g/mol. The van der Waals surface area contributed by atoms with Crippen molar-refractivity contribution >= 4 is 25.7 Å². The summed E-state index contributed by atoms with van der Waals surface area (Å²) in [6.45, 7) is 3.37. The van der Waals surface area contributed by atoms with Gasteiger partial charge in [-0.25, -0.2) is 21.2 Å². The second kappa shape index (κ2) is 7.12. The molecule has 2 rings (SSSR count). The van der Waals surface area contributed by atoms with Gasteiger partial charge >= 0.3 is 0 Å². The first-order valence-electron chi connectivity index (χ1n) is 7.27. The summed E-state index contributed by atoms with van der Waals surface area (Å²) in [5.74, 6) is -1.12. The number of nitrogens with one attached hydrogen (secondary N) is 2. The van der Waals surface area contributed by atoms with Gasteiger partial charge in [-0.1, -0.05) is 0 Å². The Bertz CT molecular complexity index is 757. The zero-order chi connectivity index (χ0) is 17.1. The average Bonchev–Trinajstić information content (AvgIpc) is 2.78. The lowest BCUT2D eigenvalue weighted by Gasteiger charge is -2.20. The van der Waals surface area contributed by atoms with Crippen LogP contribution in [0.15, 0.2) is 23.1 Å². The number of rotatable bonds is 5. The number of halogens is 1. The molecular weight excluding hydrogens is 345 g/mol. The molecule has 0 saturated carbocycles. The molecule has 0 aliphatic carbocycles. The highest BCUT2D eigenvalue weighted by Gasteiger charge is 2.26. The third kappa shape index (κ3) is 4.40. The summed E-state index contributed by atoms with van der Waals surface area (Å²) in [6.07, 6.45) is 0.677. The number of hydrogen-bond acceptors (Lipinski definition) is 5. The molecule has 0 aromatic heterocycles. The summed E-state index contributed by atoms with van der Waals surface area (Å²) >= 11 is 0. The SMILES string of the molecule is CCS(=O)(=O)Nc1ccc(S(=O)(=O)N2CCCNCC2)cc1F. The van der Waals surface area contributed by atoms with E-state index in [1.54, 1.807) is 0 Å². The fraction of sp³-hybridized carbons (Fsp3) is 0.538. The number of benzene rings is 1. The number of anilines is 1. The van der Waals surface area contributed by atoms with Crippen molar-refractivity contribution in [3.05, 3.63) is 24.0 Å². The highest BCUT2D eigenvalue weighted by molar-refractivity contribution is 7.92. The third-order valence-electron chi connectivity index (χ3n) is 3.52. The first-order chi connectivity index (χ1) is 10.8. The maximum Gasteiger partial charge on any atom is 0.243 e. The van der Waals surface area contributed by atoms with Crippen molar-refractivity contribution in [1.82, 2.24) is 9.62 Å². The van der Waals surface area contributed by atoms with Crippen LogP contribution in [0.2, 0.25) is 0 Å². The predicted octanol–water partition coefficient (Wildman–Crippen LogP) is 0.571. The Balaban J connectivity index is 2.28. The van der Waals surface area contributed by atoms with Crippen molar-refractivity contribution in [1.29, 1.82) is 0 Å². The van der Waals surface area contributed by atoms with Crippen LogP contribution in [-0.2, 0) is 20.0 Å². The molecule has 1 aromatic carbocycles. The van der Waals surface area contributed by atoms with Crippen molar-refractivity contribution in [3.8, 4) is 0 Å². The Morgan fingerprint density at radius 3 is 2.61 bits per heavy atom. The molecule has 23 heavy (non-hydrogen) atoms. The van der Waals surface area contributed by atoms with Crippen LogP contribution in [0.3, 0.4) is 0 Å². The van der Waals surface area contributed by atoms with Crippen LogP contribution in [0.1, 0.15) is 13.3 Å². The normalized spacial score (nSPS) is 17.7. The molecule has 7 nitrogen and oxygen atoms in total. The first-order valence-corrected chi connectivity index (χ1v) is 10.4. The molecule has 2 N–H and O–H groups in total. The predicted molar refractivity (Wildman–Crippen MR) is 85.7 cm³/mol. The third-order valence-corrected chi connectivity index (χ3v) is 6.71. The van der Waals surface area contributed by atoms with E-state index >= 15 is 0 Å². The van der Waals surface area contributed by atoms with Gasteiger partial charge in [-0.3, -0.25) is 4.72 Å².